The van der Waals surface area contributed by atoms with Gasteiger partial charge in [0.1, 0.15) is 5.82 Å². The monoisotopic (exact) mass is 352 g/mol. The van der Waals surface area contributed by atoms with E-state index in [4.69, 9.17) is 27.9 Å². The third-order valence-corrected chi connectivity index (χ3v) is 3.56. The number of hydrogen-bond acceptors (Lipinski definition) is 3. The fraction of sp³-hybridized carbons (Fsp3) is 0.0588. The number of carbonyl (C=O) groups excluding carboxylic acids is 2. The lowest BCUT2D eigenvalue weighted by atomic mass is 10.1. The molecule has 0 saturated carbocycles. The number of rotatable bonds is 5. The first kappa shape index (κ1) is 17.2. The lowest BCUT2D eigenvalue weighted by Gasteiger charge is -2.03. The van der Waals surface area contributed by atoms with Crippen LogP contribution in [0.3, 0.4) is 0 Å². The van der Waals surface area contributed by atoms with Crippen molar-refractivity contribution in [1.82, 2.24) is 0 Å². The van der Waals surface area contributed by atoms with E-state index in [0.717, 1.165) is 12.1 Å². The molecule has 23 heavy (non-hydrogen) atoms. The van der Waals surface area contributed by atoms with Gasteiger partial charge in [0.2, 0.25) is 5.78 Å². The third-order valence-electron chi connectivity index (χ3n) is 2.91. The van der Waals surface area contributed by atoms with Gasteiger partial charge in [-0.2, -0.15) is 0 Å². The fourth-order valence-corrected chi connectivity index (χ4v) is 2.29. The summed E-state index contributed by atoms with van der Waals surface area (Å²) < 4.78 is 18.2. The van der Waals surface area contributed by atoms with E-state index >= 15 is 0 Å². The quantitative estimate of drug-likeness (QED) is 0.449. The highest BCUT2D eigenvalue weighted by molar-refractivity contribution is 6.37. The second-order valence-corrected chi connectivity index (χ2v) is 5.29. The number of ketones is 1. The van der Waals surface area contributed by atoms with Crippen molar-refractivity contribution in [3.63, 3.8) is 0 Å². The van der Waals surface area contributed by atoms with Crippen molar-refractivity contribution in [2.24, 2.45) is 0 Å². The van der Waals surface area contributed by atoms with Crippen molar-refractivity contribution >= 4 is 41.0 Å². The van der Waals surface area contributed by atoms with Crippen molar-refractivity contribution in [3.8, 4) is 0 Å². The molecule has 0 aliphatic carbocycles. The van der Waals surface area contributed by atoms with Crippen LogP contribution >= 0.6 is 23.2 Å². The first-order valence-corrected chi connectivity index (χ1v) is 7.31. The van der Waals surface area contributed by atoms with Gasteiger partial charge in [-0.3, -0.25) is 4.79 Å². The van der Waals surface area contributed by atoms with Crippen LogP contribution in [0.2, 0.25) is 10.0 Å². The smallest absolute Gasteiger partial charge is 0.331 e. The SMILES string of the molecule is O=C(/C=C/c1c(Cl)cccc1Cl)OCC(=O)c1ccccc1F. The summed E-state index contributed by atoms with van der Waals surface area (Å²) in [6.45, 7) is -0.555. The molecule has 0 aromatic heterocycles. The van der Waals surface area contributed by atoms with Gasteiger partial charge < -0.3 is 4.74 Å². The van der Waals surface area contributed by atoms with E-state index in [-0.39, 0.29) is 5.56 Å². The molecule has 118 valence electrons. The van der Waals surface area contributed by atoms with Gasteiger partial charge in [-0.05, 0) is 30.3 Å². The maximum Gasteiger partial charge on any atom is 0.331 e. The highest BCUT2D eigenvalue weighted by Gasteiger charge is 2.12. The van der Waals surface area contributed by atoms with Crippen molar-refractivity contribution in [2.45, 2.75) is 0 Å². The number of ether oxygens (including phenoxy) is 1. The maximum absolute atomic E-state index is 13.4. The topological polar surface area (TPSA) is 43.4 Å². The van der Waals surface area contributed by atoms with Crippen molar-refractivity contribution in [2.75, 3.05) is 6.61 Å². The maximum atomic E-state index is 13.4. The van der Waals surface area contributed by atoms with E-state index in [2.05, 4.69) is 0 Å². The summed E-state index contributed by atoms with van der Waals surface area (Å²) in [5.74, 6) is -2.04. The molecule has 6 heteroatoms. The average Bonchev–Trinajstić information content (AvgIpc) is 2.52. The van der Waals surface area contributed by atoms with E-state index in [1.165, 1.54) is 24.3 Å². The number of carbonyl (C=O) groups is 2. The molecule has 0 bridgehead atoms. The molecule has 0 saturated heterocycles. The normalized spacial score (nSPS) is 10.7. The molecule has 0 spiro atoms. The minimum atomic E-state index is -0.759. The number of esters is 1. The van der Waals surface area contributed by atoms with E-state index < -0.39 is 24.2 Å². The lowest BCUT2D eigenvalue weighted by molar-refractivity contribution is -0.136. The van der Waals surface area contributed by atoms with E-state index in [1.54, 1.807) is 18.2 Å². The van der Waals surface area contributed by atoms with E-state index in [0.29, 0.717) is 15.6 Å². The highest BCUT2D eigenvalue weighted by Crippen LogP contribution is 2.25. The largest absolute Gasteiger partial charge is 0.454 e. The molecular weight excluding hydrogens is 342 g/mol. The van der Waals surface area contributed by atoms with Crippen LogP contribution in [0.15, 0.2) is 48.5 Å². The van der Waals surface area contributed by atoms with Crippen LogP contribution < -0.4 is 0 Å². The number of benzene rings is 2. The fourth-order valence-electron chi connectivity index (χ4n) is 1.77. The lowest BCUT2D eigenvalue weighted by Crippen LogP contribution is -2.13. The Hall–Kier alpha value is -2.17. The van der Waals surface area contributed by atoms with Crippen LogP contribution in [0.5, 0.6) is 0 Å². The van der Waals surface area contributed by atoms with Gasteiger partial charge in [-0.15, -0.1) is 0 Å². The predicted octanol–water partition coefficient (Wildman–Crippen LogP) is 4.57. The summed E-state index contributed by atoms with van der Waals surface area (Å²) in [5, 5.41) is 0.757. The zero-order chi connectivity index (χ0) is 16.8. The molecule has 0 aliphatic rings. The Morgan fingerprint density at radius 1 is 1.04 bits per heavy atom. The van der Waals surface area contributed by atoms with Gasteiger partial charge in [0.15, 0.2) is 6.61 Å². The van der Waals surface area contributed by atoms with Crippen molar-refractivity contribution in [1.29, 1.82) is 0 Å². The molecule has 3 nitrogen and oxygen atoms in total. The summed E-state index contributed by atoms with van der Waals surface area (Å²) in [6, 6.07) is 10.4. The third kappa shape index (κ3) is 4.65. The van der Waals surface area contributed by atoms with Gasteiger partial charge >= 0.3 is 5.97 Å². The van der Waals surface area contributed by atoms with Gasteiger partial charge in [-0.25, -0.2) is 9.18 Å². The molecule has 0 heterocycles. The molecule has 0 aliphatic heterocycles. The van der Waals surface area contributed by atoms with Gasteiger partial charge in [0.05, 0.1) is 5.56 Å². The first-order valence-electron chi connectivity index (χ1n) is 6.55. The number of hydrogen-bond donors (Lipinski definition) is 0. The second kappa shape index (κ2) is 7.90. The summed E-state index contributed by atoms with van der Waals surface area (Å²) >= 11 is 11.9. The minimum absolute atomic E-state index is 0.126. The summed E-state index contributed by atoms with van der Waals surface area (Å²) in [7, 11) is 0. The molecule has 0 unspecified atom stereocenters. The molecule has 0 atom stereocenters. The summed E-state index contributed by atoms with van der Waals surface area (Å²) in [4.78, 5) is 23.4. The van der Waals surface area contributed by atoms with Gasteiger partial charge in [-0.1, -0.05) is 41.4 Å². The summed E-state index contributed by atoms with van der Waals surface area (Å²) in [6.07, 6.45) is 2.49. The second-order valence-electron chi connectivity index (χ2n) is 4.48. The molecule has 0 radical (unpaired) electrons. The number of halogens is 3. The molecule has 0 N–H and O–H groups in total. The predicted molar refractivity (Wildman–Crippen MR) is 87.2 cm³/mol. The Bertz CT molecular complexity index is 752. The number of Topliss-reactive ketones (excluding diaryl/α,β-unsaturated/α-hetero) is 1. The van der Waals surface area contributed by atoms with Crippen LogP contribution in [0.25, 0.3) is 6.08 Å². The molecule has 2 rings (SSSR count). The van der Waals surface area contributed by atoms with Crippen molar-refractivity contribution < 1.29 is 18.7 Å². The van der Waals surface area contributed by atoms with E-state index in [1.807, 2.05) is 0 Å². The molecule has 0 fully saturated rings. The Morgan fingerprint density at radius 2 is 1.70 bits per heavy atom. The minimum Gasteiger partial charge on any atom is -0.454 e. The van der Waals surface area contributed by atoms with Crippen LogP contribution in [0.1, 0.15) is 15.9 Å². The Kier molecular flexibility index (Phi) is 5.90. The Balaban J connectivity index is 1.97. The van der Waals surface area contributed by atoms with Crippen molar-refractivity contribution in [3.05, 3.63) is 75.5 Å². The standard InChI is InChI=1S/C17H11Cl2FO3/c18-13-5-3-6-14(19)11(13)8-9-17(22)23-10-16(21)12-4-1-2-7-15(12)20/h1-9H,10H2/b9-8+. The highest BCUT2D eigenvalue weighted by atomic mass is 35.5. The Labute approximate surface area is 142 Å². The first-order chi connectivity index (χ1) is 11.0. The molecular formula is C17H11Cl2FO3. The molecule has 2 aromatic carbocycles. The zero-order valence-electron chi connectivity index (χ0n) is 11.8. The average molecular weight is 353 g/mol. The van der Waals surface area contributed by atoms with Crippen LogP contribution in [-0.2, 0) is 9.53 Å². The zero-order valence-corrected chi connectivity index (χ0v) is 13.3. The van der Waals surface area contributed by atoms with E-state index in [9.17, 15) is 14.0 Å². The summed E-state index contributed by atoms with van der Waals surface area (Å²) in [5.41, 5.74) is 0.339. The van der Waals surface area contributed by atoms with Gasteiger partial charge in [0.25, 0.3) is 0 Å². The van der Waals surface area contributed by atoms with Crippen LogP contribution in [0, 0.1) is 5.82 Å². The Morgan fingerprint density at radius 3 is 2.35 bits per heavy atom. The van der Waals surface area contributed by atoms with Crippen LogP contribution in [-0.4, -0.2) is 18.4 Å². The molecule has 2 aromatic rings. The van der Waals surface area contributed by atoms with Gasteiger partial charge in [0, 0.05) is 21.7 Å². The van der Waals surface area contributed by atoms with Crippen LogP contribution in [0.4, 0.5) is 4.39 Å². The molecule has 0 amide bonds.